The molecule has 0 nitrogen and oxygen atoms in total. The fourth-order valence-corrected chi connectivity index (χ4v) is 14.0. The Hall–Kier alpha value is -1.06. The van der Waals surface area contributed by atoms with Crippen LogP contribution in [0.25, 0.3) is 0 Å². The Bertz CT molecular complexity index is 1560. The van der Waals surface area contributed by atoms with E-state index >= 15 is 0 Å². The maximum Gasteiger partial charge on any atom is -0.147 e. The number of allylic oxidation sites excluding steroid dienone is 4. The van der Waals surface area contributed by atoms with E-state index in [9.17, 15) is 0 Å². The normalized spacial score (nSPS) is 14.6. The van der Waals surface area contributed by atoms with Gasteiger partial charge in [0.2, 0.25) is 0 Å². The first-order chi connectivity index (χ1) is 22.4. The summed E-state index contributed by atoms with van der Waals surface area (Å²) in [5.74, 6) is 0. The molecule has 53 heavy (non-hydrogen) atoms. The molecule has 4 rings (SSSR count). The largest absolute Gasteiger partial charge is 0.147 e. The summed E-state index contributed by atoms with van der Waals surface area (Å²) in [7, 11) is -2.97. The third-order valence-electron chi connectivity index (χ3n) is 11.0. The molecule has 0 saturated heterocycles. The Kier molecular flexibility index (Phi) is 15.5. The fourth-order valence-electron chi connectivity index (χ4n) is 7.28. The third-order valence-corrected chi connectivity index (χ3v) is 17.0. The van der Waals surface area contributed by atoms with Crippen LogP contribution in [0.3, 0.4) is 0 Å². The van der Waals surface area contributed by atoms with Gasteiger partial charge in [0.25, 0.3) is 0 Å². The number of hydrogen-bond donors (Lipinski definition) is 0. The molecule has 1 aliphatic rings. The summed E-state index contributed by atoms with van der Waals surface area (Å²) in [6.07, 6.45) is 3.54. The van der Waals surface area contributed by atoms with Gasteiger partial charge in [-0.1, -0.05) is 0 Å². The summed E-state index contributed by atoms with van der Waals surface area (Å²) in [5, 5.41) is 6.18. The van der Waals surface area contributed by atoms with Crippen molar-refractivity contribution in [3.63, 3.8) is 0 Å². The molecule has 3 aromatic carbocycles. The SMILES string of the molecule is CC1=CC[C]([Ti])=C1[Si](c1cc(C(C)(C)C)cc(C(C)(C)C)c1)(c1cc(C(C)(C)C)cc(C(C)(C)C)c1)c1cc(C(C)(C)C)cc(C(C)(C)C)c1.Cl.Cl.Cl. The topological polar surface area (TPSA) is 0 Å². The second-order valence-electron chi connectivity index (χ2n) is 21.6. The Balaban J connectivity index is 0.00000468. The molecule has 0 radical (unpaired) electrons. The average molecular weight is 831 g/mol. The molecule has 0 unspecified atom stereocenters. The van der Waals surface area contributed by atoms with Crippen molar-refractivity contribution < 1.29 is 20.4 Å². The Labute approximate surface area is 357 Å². The van der Waals surface area contributed by atoms with Crippen LogP contribution in [-0.4, -0.2) is 8.07 Å². The molecular formula is C48H72Cl3SiTi. The molecule has 5 heteroatoms. The Morgan fingerprint density at radius 3 is 0.755 bits per heavy atom. The van der Waals surface area contributed by atoms with Crippen molar-refractivity contribution in [1.82, 2.24) is 0 Å². The summed E-state index contributed by atoms with van der Waals surface area (Å²) in [6.45, 7) is 45.5. The smallest absolute Gasteiger partial charge is 0.147 e. The molecule has 1 aliphatic carbocycles. The molecule has 0 amide bonds. The minimum Gasteiger partial charge on any atom is -0.147 e. The molecule has 0 atom stereocenters. The summed E-state index contributed by atoms with van der Waals surface area (Å²) < 4.78 is 1.53. The van der Waals surface area contributed by atoms with E-state index in [4.69, 9.17) is 0 Å². The molecule has 0 saturated carbocycles. The molecule has 0 spiro atoms. The molecule has 0 bridgehead atoms. The first-order valence-electron chi connectivity index (χ1n) is 19.0. The molecule has 0 fully saturated rings. The van der Waals surface area contributed by atoms with Gasteiger partial charge in [0.15, 0.2) is 0 Å². The van der Waals surface area contributed by atoms with Gasteiger partial charge in [-0.3, -0.25) is 0 Å². The summed E-state index contributed by atoms with van der Waals surface area (Å²) in [4.78, 5) is 0. The summed E-state index contributed by atoms with van der Waals surface area (Å²) >= 11 is 2.43. The number of benzene rings is 3. The fraction of sp³-hybridized carbons (Fsp3) is 0.542. The van der Waals surface area contributed by atoms with Crippen molar-refractivity contribution in [3.05, 3.63) is 109 Å². The molecule has 293 valence electrons. The van der Waals surface area contributed by atoms with Gasteiger partial charge < -0.3 is 0 Å². The van der Waals surface area contributed by atoms with Crippen molar-refractivity contribution >= 4 is 60.9 Å². The Morgan fingerprint density at radius 1 is 0.396 bits per heavy atom. The first kappa shape index (κ1) is 50.0. The average Bonchev–Trinajstić information content (AvgIpc) is 3.28. The third kappa shape index (κ3) is 10.5. The van der Waals surface area contributed by atoms with Crippen molar-refractivity contribution in [1.29, 1.82) is 0 Å². The minimum absolute atomic E-state index is 0. The van der Waals surface area contributed by atoms with Crippen molar-refractivity contribution in [2.75, 3.05) is 0 Å². The standard InChI is InChI=1S/C48H69Si.3ClH.Ti/c1-32-21-20-22-42(32)49(39-26-33(43(2,3)4)23-34(27-39)44(5,6)7,40-28-35(45(8,9)10)24-36(29-40)46(11,12)13)41-30-37(47(14,15)16)25-38(31-41)48(17,18)19;;;;/h21,23-31H,20H2,1-19H3;3*1H;. The van der Waals surface area contributed by atoms with E-state index in [-0.39, 0.29) is 69.7 Å². The van der Waals surface area contributed by atoms with Gasteiger partial charge in [-0.2, -0.15) is 0 Å². The van der Waals surface area contributed by atoms with Crippen LogP contribution in [0.4, 0.5) is 0 Å². The van der Waals surface area contributed by atoms with Gasteiger partial charge in [-0.15, -0.1) is 37.2 Å². The second kappa shape index (κ2) is 16.4. The maximum absolute atomic E-state index is 2.97. The maximum atomic E-state index is 2.65. The van der Waals surface area contributed by atoms with E-state index in [0.717, 1.165) is 6.42 Å². The predicted octanol–water partition coefficient (Wildman–Crippen LogP) is 12.9. The zero-order valence-corrected chi connectivity index (χ0v) is 41.7. The van der Waals surface area contributed by atoms with Crippen LogP contribution in [0, 0.1) is 0 Å². The molecule has 0 heterocycles. The molecule has 3 aromatic rings. The van der Waals surface area contributed by atoms with Crippen LogP contribution < -0.4 is 15.6 Å². The van der Waals surface area contributed by atoms with E-state index in [2.05, 4.69) is 213 Å². The molecule has 0 N–H and O–H groups in total. The zero-order chi connectivity index (χ0) is 38.2. The second-order valence-corrected chi connectivity index (χ2v) is 26.3. The van der Waals surface area contributed by atoms with Gasteiger partial charge in [0.1, 0.15) is 0 Å². The van der Waals surface area contributed by atoms with Crippen LogP contribution in [0.2, 0.25) is 0 Å². The van der Waals surface area contributed by atoms with Gasteiger partial charge in [-0.25, -0.2) is 0 Å². The van der Waals surface area contributed by atoms with Crippen LogP contribution in [-0.2, 0) is 52.9 Å². The monoisotopic (exact) mass is 829 g/mol. The van der Waals surface area contributed by atoms with Crippen LogP contribution in [0.15, 0.2) is 75.3 Å². The van der Waals surface area contributed by atoms with E-state index in [0.29, 0.717) is 0 Å². The van der Waals surface area contributed by atoms with Gasteiger partial charge >= 0.3 is 323 Å². The molecule has 0 aliphatic heterocycles. The zero-order valence-electron chi connectivity index (χ0n) is 36.7. The van der Waals surface area contributed by atoms with E-state index in [1.54, 1.807) is 5.20 Å². The predicted molar refractivity (Wildman–Crippen MR) is 243 cm³/mol. The summed E-state index contributed by atoms with van der Waals surface area (Å²) in [6, 6.07) is 23.4. The van der Waals surface area contributed by atoms with E-state index in [1.165, 1.54) is 58.4 Å². The van der Waals surface area contributed by atoms with Crippen LogP contribution >= 0.6 is 37.2 Å². The minimum atomic E-state index is -2.97. The van der Waals surface area contributed by atoms with Crippen molar-refractivity contribution in [2.45, 2.75) is 170 Å². The Morgan fingerprint density at radius 2 is 0.604 bits per heavy atom. The van der Waals surface area contributed by atoms with Crippen LogP contribution in [0.5, 0.6) is 0 Å². The first-order valence-corrected chi connectivity index (χ1v) is 21.8. The van der Waals surface area contributed by atoms with Crippen molar-refractivity contribution in [2.24, 2.45) is 0 Å². The quantitative estimate of drug-likeness (QED) is 0.182. The van der Waals surface area contributed by atoms with E-state index < -0.39 is 8.07 Å². The van der Waals surface area contributed by atoms with Crippen molar-refractivity contribution in [3.8, 4) is 0 Å². The summed E-state index contributed by atoms with van der Waals surface area (Å²) in [5.41, 5.74) is 10.1. The van der Waals surface area contributed by atoms with Gasteiger partial charge in [-0.05, 0) is 0 Å². The van der Waals surface area contributed by atoms with Gasteiger partial charge in [0, 0.05) is 0 Å². The number of halogens is 3. The van der Waals surface area contributed by atoms with Gasteiger partial charge in [0.05, 0.1) is 0 Å². The van der Waals surface area contributed by atoms with Crippen LogP contribution in [0.1, 0.15) is 171 Å². The number of hydrogen-bond acceptors (Lipinski definition) is 0. The molecular weight excluding hydrogens is 759 g/mol. The molecule has 0 aromatic heterocycles. The number of rotatable bonds is 4. The van der Waals surface area contributed by atoms with E-state index in [1.807, 2.05) is 0 Å².